The predicted molar refractivity (Wildman–Crippen MR) is 144 cm³/mol. The number of carbonyl (C=O) groups is 1. The molecule has 37 heavy (non-hydrogen) atoms. The topological polar surface area (TPSA) is 74.1 Å². The molecule has 2 aromatic heterocycles. The lowest BCUT2D eigenvalue weighted by Gasteiger charge is -2.22. The van der Waals surface area contributed by atoms with Gasteiger partial charge in [0, 0.05) is 36.8 Å². The molecule has 0 spiro atoms. The smallest absolute Gasteiger partial charge is 0.221 e. The molecule has 0 saturated heterocycles. The fraction of sp³-hybridized carbons (Fsp3) is 0.333. The third kappa shape index (κ3) is 6.23. The zero-order valence-electron chi connectivity index (χ0n) is 22.1. The van der Waals surface area contributed by atoms with Crippen LogP contribution in [0, 0.1) is 5.92 Å². The number of aromatic nitrogens is 2. The molecule has 0 fully saturated rings. The second kappa shape index (κ2) is 11.8. The highest BCUT2D eigenvalue weighted by Crippen LogP contribution is 2.35. The molecular formula is C30H35N3O4. The normalized spacial score (nSPS) is 12.8. The Balaban J connectivity index is 1.72. The molecule has 0 radical (unpaired) electrons. The van der Waals surface area contributed by atoms with E-state index in [1.807, 2.05) is 84.4 Å². The molecule has 0 unspecified atom stereocenters. The monoisotopic (exact) mass is 501 g/mol. The van der Waals surface area contributed by atoms with Crippen LogP contribution >= 0.6 is 0 Å². The summed E-state index contributed by atoms with van der Waals surface area (Å²) < 4.78 is 19.2. The molecule has 7 heteroatoms. The average Bonchev–Trinajstić information content (AvgIpc) is 3.35. The van der Waals surface area contributed by atoms with E-state index in [1.165, 1.54) is 0 Å². The van der Waals surface area contributed by atoms with E-state index in [0.29, 0.717) is 35.4 Å². The molecule has 0 saturated carbocycles. The van der Waals surface area contributed by atoms with E-state index in [0.717, 1.165) is 16.8 Å². The maximum atomic E-state index is 13.2. The van der Waals surface area contributed by atoms with Crippen LogP contribution in [0.3, 0.4) is 0 Å². The van der Waals surface area contributed by atoms with E-state index in [1.54, 1.807) is 14.2 Å². The molecule has 0 aliphatic rings. The lowest BCUT2D eigenvalue weighted by Crippen LogP contribution is -2.36. The quantitative estimate of drug-likeness (QED) is 0.289. The highest BCUT2D eigenvalue weighted by atomic mass is 16.5. The first-order valence-corrected chi connectivity index (χ1v) is 12.5. The first-order valence-electron chi connectivity index (χ1n) is 12.5. The van der Waals surface area contributed by atoms with Gasteiger partial charge in [-0.1, -0.05) is 44.2 Å². The number of nitrogens with zero attached hydrogens (tertiary/aromatic N) is 2. The first-order chi connectivity index (χ1) is 17.9. The summed E-state index contributed by atoms with van der Waals surface area (Å²) in [5.74, 6) is 2.02. The van der Waals surface area contributed by atoms with Gasteiger partial charge in [-0.3, -0.25) is 4.79 Å². The zero-order chi connectivity index (χ0) is 26.4. The molecule has 0 aliphatic heterocycles. The van der Waals surface area contributed by atoms with Gasteiger partial charge in [0.25, 0.3) is 0 Å². The summed E-state index contributed by atoms with van der Waals surface area (Å²) in [5.41, 5.74) is 3.56. The lowest BCUT2D eigenvalue weighted by molar-refractivity contribution is -0.122. The van der Waals surface area contributed by atoms with Gasteiger partial charge in [0.1, 0.15) is 18.1 Å². The Morgan fingerprint density at radius 1 is 0.973 bits per heavy atom. The van der Waals surface area contributed by atoms with Crippen LogP contribution in [0.1, 0.15) is 49.9 Å². The molecule has 2 atom stereocenters. The van der Waals surface area contributed by atoms with Gasteiger partial charge < -0.3 is 23.9 Å². The van der Waals surface area contributed by atoms with Crippen molar-refractivity contribution in [1.82, 2.24) is 14.7 Å². The third-order valence-electron chi connectivity index (χ3n) is 6.68. The van der Waals surface area contributed by atoms with Crippen molar-refractivity contribution in [3.8, 4) is 17.2 Å². The Bertz CT molecular complexity index is 1310. The SMILES string of the molecule is COc1cc(OC)cc([C@@H](CC(=O)N[C@H](C)C(C)C)c2cnc3c(OCc4ccccc4)cccn23)c1. The van der Waals surface area contributed by atoms with Gasteiger partial charge in [-0.2, -0.15) is 0 Å². The number of carbonyl (C=O) groups excluding carboxylic acids is 1. The summed E-state index contributed by atoms with van der Waals surface area (Å²) in [7, 11) is 3.24. The number of imidazole rings is 1. The van der Waals surface area contributed by atoms with E-state index in [4.69, 9.17) is 19.2 Å². The Morgan fingerprint density at radius 2 is 1.68 bits per heavy atom. The molecule has 4 aromatic rings. The largest absolute Gasteiger partial charge is 0.497 e. The minimum atomic E-state index is -0.289. The number of rotatable bonds is 11. The van der Waals surface area contributed by atoms with Crippen LogP contribution in [0.5, 0.6) is 17.2 Å². The Labute approximate surface area is 218 Å². The van der Waals surface area contributed by atoms with Gasteiger partial charge >= 0.3 is 0 Å². The maximum absolute atomic E-state index is 13.2. The zero-order valence-corrected chi connectivity index (χ0v) is 22.1. The van der Waals surface area contributed by atoms with Gasteiger partial charge in [0.15, 0.2) is 11.4 Å². The second-order valence-corrected chi connectivity index (χ2v) is 9.53. The third-order valence-corrected chi connectivity index (χ3v) is 6.68. The number of fused-ring (bicyclic) bond motifs is 1. The van der Waals surface area contributed by atoms with E-state index >= 15 is 0 Å². The molecular weight excluding hydrogens is 466 g/mol. The van der Waals surface area contributed by atoms with Gasteiger partial charge in [0.05, 0.1) is 19.9 Å². The van der Waals surface area contributed by atoms with E-state index in [-0.39, 0.29) is 24.3 Å². The number of nitrogens with one attached hydrogen (secondary N) is 1. The van der Waals surface area contributed by atoms with E-state index < -0.39 is 0 Å². The Kier molecular flexibility index (Phi) is 8.33. The summed E-state index contributed by atoms with van der Waals surface area (Å²) in [6, 6.07) is 19.6. The maximum Gasteiger partial charge on any atom is 0.221 e. The predicted octanol–water partition coefficient (Wildman–Crippen LogP) is 5.61. The highest BCUT2D eigenvalue weighted by Gasteiger charge is 2.25. The molecule has 1 amide bonds. The minimum Gasteiger partial charge on any atom is -0.497 e. The van der Waals surface area contributed by atoms with Crippen molar-refractivity contribution >= 4 is 11.6 Å². The van der Waals surface area contributed by atoms with Crippen LogP contribution in [0.2, 0.25) is 0 Å². The van der Waals surface area contributed by atoms with Crippen LogP contribution in [-0.2, 0) is 11.4 Å². The van der Waals surface area contributed by atoms with Crippen LogP contribution in [0.25, 0.3) is 5.65 Å². The molecule has 0 aliphatic carbocycles. The number of methoxy groups -OCH3 is 2. The van der Waals surface area contributed by atoms with Crippen LogP contribution in [-0.4, -0.2) is 35.6 Å². The average molecular weight is 502 g/mol. The van der Waals surface area contributed by atoms with Crippen molar-refractivity contribution in [3.05, 3.63) is 89.9 Å². The second-order valence-electron chi connectivity index (χ2n) is 9.53. The summed E-state index contributed by atoms with van der Waals surface area (Å²) in [6.45, 7) is 6.65. The molecule has 1 N–H and O–H groups in total. The number of pyridine rings is 1. The van der Waals surface area contributed by atoms with Crippen molar-refractivity contribution in [2.75, 3.05) is 14.2 Å². The number of hydrogen-bond donors (Lipinski definition) is 1. The molecule has 2 heterocycles. The fourth-order valence-corrected chi connectivity index (χ4v) is 4.20. The molecule has 4 rings (SSSR count). The summed E-state index contributed by atoms with van der Waals surface area (Å²) >= 11 is 0. The van der Waals surface area contributed by atoms with Gasteiger partial charge in [-0.05, 0) is 48.2 Å². The first kappa shape index (κ1) is 26.1. The summed E-state index contributed by atoms with van der Waals surface area (Å²) in [5, 5.41) is 3.14. The van der Waals surface area contributed by atoms with Crippen LogP contribution in [0.15, 0.2) is 73.1 Å². The van der Waals surface area contributed by atoms with Crippen molar-refractivity contribution in [1.29, 1.82) is 0 Å². The van der Waals surface area contributed by atoms with Crippen molar-refractivity contribution in [2.45, 2.75) is 45.8 Å². The van der Waals surface area contributed by atoms with Crippen molar-refractivity contribution in [2.24, 2.45) is 5.92 Å². The fourth-order valence-electron chi connectivity index (χ4n) is 4.20. The van der Waals surface area contributed by atoms with Gasteiger partial charge in [0.2, 0.25) is 5.91 Å². The number of ether oxygens (including phenoxy) is 3. The molecule has 0 bridgehead atoms. The van der Waals surface area contributed by atoms with E-state index in [2.05, 4.69) is 19.2 Å². The van der Waals surface area contributed by atoms with Crippen LogP contribution in [0.4, 0.5) is 0 Å². The minimum absolute atomic E-state index is 0.0283. The van der Waals surface area contributed by atoms with Crippen molar-refractivity contribution < 1.29 is 19.0 Å². The van der Waals surface area contributed by atoms with E-state index in [9.17, 15) is 4.79 Å². The van der Waals surface area contributed by atoms with Crippen molar-refractivity contribution in [3.63, 3.8) is 0 Å². The summed E-state index contributed by atoms with van der Waals surface area (Å²) in [4.78, 5) is 17.9. The standard InChI is InChI=1S/C30H35N3O4/c1-20(2)21(3)32-29(34)17-26(23-14-24(35-4)16-25(15-23)36-5)27-18-31-30-28(12-9-13-33(27)30)37-19-22-10-7-6-8-11-22/h6-16,18,20-21,26H,17,19H2,1-5H3,(H,32,34)/t21-,26-/m1/s1. The van der Waals surface area contributed by atoms with Crippen LogP contribution < -0.4 is 19.5 Å². The Morgan fingerprint density at radius 3 is 2.32 bits per heavy atom. The number of hydrogen-bond acceptors (Lipinski definition) is 5. The lowest BCUT2D eigenvalue weighted by atomic mass is 9.91. The van der Waals surface area contributed by atoms with Gasteiger partial charge in [-0.15, -0.1) is 0 Å². The highest BCUT2D eigenvalue weighted by molar-refractivity contribution is 5.78. The van der Waals surface area contributed by atoms with Gasteiger partial charge in [-0.25, -0.2) is 4.98 Å². The molecule has 194 valence electrons. The number of amides is 1. The molecule has 7 nitrogen and oxygen atoms in total. The Hall–Kier alpha value is -4.00. The molecule has 2 aromatic carbocycles. The number of benzene rings is 2. The summed E-state index contributed by atoms with van der Waals surface area (Å²) in [6.07, 6.45) is 4.02.